The predicted molar refractivity (Wildman–Crippen MR) is 88.9 cm³/mol. The molecule has 0 aromatic heterocycles. The number of halogens is 1. The van der Waals surface area contributed by atoms with Gasteiger partial charge in [-0.2, -0.15) is 0 Å². The third-order valence-electron chi connectivity index (χ3n) is 2.78. The maximum atomic E-state index is 12.0. The lowest BCUT2D eigenvalue weighted by Crippen LogP contribution is -2.35. The van der Waals surface area contributed by atoms with E-state index < -0.39 is 11.7 Å². The first kappa shape index (κ1) is 17.6. The molecule has 0 saturated carbocycles. The van der Waals surface area contributed by atoms with Crippen molar-refractivity contribution >= 4 is 22.0 Å². The lowest BCUT2D eigenvalue weighted by atomic mass is 10.0. The molecule has 1 unspecified atom stereocenters. The van der Waals surface area contributed by atoms with Crippen molar-refractivity contribution < 1.29 is 9.53 Å². The Balaban J connectivity index is 2.75. The molecular weight excluding hydrogens is 330 g/mol. The monoisotopic (exact) mass is 351 g/mol. The molecule has 1 amide bonds. The van der Waals surface area contributed by atoms with Crippen molar-refractivity contribution in [2.45, 2.75) is 51.7 Å². The van der Waals surface area contributed by atoms with E-state index >= 15 is 0 Å². The molecule has 0 heterocycles. The molecule has 0 aliphatic heterocycles. The molecule has 0 aliphatic rings. The highest BCUT2D eigenvalue weighted by molar-refractivity contribution is 9.10. The number of carbonyl (C=O) groups excluding carboxylic acids is 1. The fraction of sp³-hybridized carbons (Fsp3) is 0.471. The number of terminal acetylenes is 1. The Morgan fingerprint density at radius 2 is 2.00 bits per heavy atom. The molecule has 0 bridgehead atoms. The zero-order chi connectivity index (χ0) is 15.9. The van der Waals surface area contributed by atoms with Gasteiger partial charge in [-0.25, -0.2) is 4.79 Å². The molecule has 0 fully saturated rings. The van der Waals surface area contributed by atoms with Gasteiger partial charge in [0.25, 0.3) is 0 Å². The topological polar surface area (TPSA) is 38.3 Å². The van der Waals surface area contributed by atoms with Gasteiger partial charge in [0.15, 0.2) is 0 Å². The summed E-state index contributed by atoms with van der Waals surface area (Å²) in [6.07, 6.45) is 7.22. The molecule has 1 atom stereocenters. The number of nitrogens with one attached hydrogen (secondary N) is 1. The molecule has 0 spiro atoms. The Morgan fingerprint density at radius 3 is 2.52 bits per heavy atom. The third kappa shape index (κ3) is 7.19. The molecule has 0 radical (unpaired) electrons. The van der Waals surface area contributed by atoms with E-state index in [0.29, 0.717) is 6.42 Å². The number of hydrogen-bond acceptors (Lipinski definition) is 2. The summed E-state index contributed by atoms with van der Waals surface area (Å²) in [5, 5.41) is 2.92. The molecular formula is C17H22BrNO2. The van der Waals surface area contributed by atoms with Crippen LogP contribution in [0, 0.1) is 12.3 Å². The van der Waals surface area contributed by atoms with E-state index in [9.17, 15) is 4.79 Å². The highest BCUT2D eigenvalue weighted by atomic mass is 79.9. The quantitative estimate of drug-likeness (QED) is 0.610. The number of rotatable bonds is 5. The van der Waals surface area contributed by atoms with Gasteiger partial charge in [-0.15, -0.1) is 12.3 Å². The fourth-order valence-corrected chi connectivity index (χ4v) is 2.14. The third-order valence-corrected chi connectivity index (χ3v) is 3.31. The van der Waals surface area contributed by atoms with Crippen molar-refractivity contribution in [1.82, 2.24) is 5.32 Å². The molecule has 21 heavy (non-hydrogen) atoms. The number of alkyl carbamates (subject to hydrolysis) is 1. The van der Waals surface area contributed by atoms with Crippen LogP contribution < -0.4 is 5.32 Å². The first-order valence-corrected chi connectivity index (χ1v) is 7.79. The summed E-state index contributed by atoms with van der Waals surface area (Å²) in [6, 6.07) is 7.80. The smallest absolute Gasteiger partial charge is 0.408 e. The van der Waals surface area contributed by atoms with Crippen molar-refractivity contribution in [1.29, 1.82) is 0 Å². The van der Waals surface area contributed by atoms with Crippen LogP contribution in [0.3, 0.4) is 0 Å². The molecule has 1 N–H and O–H groups in total. The number of hydrogen-bond donors (Lipinski definition) is 1. The number of carbonyl (C=O) groups is 1. The minimum absolute atomic E-state index is 0.0960. The number of ether oxygens (including phenoxy) is 1. The Hall–Kier alpha value is -1.47. The highest BCUT2D eigenvalue weighted by Gasteiger charge is 2.20. The summed E-state index contributed by atoms with van der Waals surface area (Å²) >= 11 is 3.41. The summed E-state index contributed by atoms with van der Waals surface area (Å²) in [5.74, 6) is 2.62. The van der Waals surface area contributed by atoms with Crippen LogP contribution in [0.5, 0.6) is 0 Å². The summed E-state index contributed by atoms with van der Waals surface area (Å²) < 4.78 is 6.33. The molecule has 1 aromatic carbocycles. The number of benzene rings is 1. The van der Waals surface area contributed by atoms with Gasteiger partial charge in [0.1, 0.15) is 5.60 Å². The molecule has 3 nitrogen and oxygen atoms in total. The van der Waals surface area contributed by atoms with Crippen molar-refractivity contribution in [3.63, 3.8) is 0 Å². The Morgan fingerprint density at radius 1 is 1.38 bits per heavy atom. The predicted octanol–water partition coefficient (Wildman–Crippen LogP) is 4.82. The second kappa shape index (κ2) is 8.09. The minimum atomic E-state index is -0.507. The van der Waals surface area contributed by atoms with Crippen LogP contribution in [0.4, 0.5) is 4.79 Å². The summed E-state index contributed by atoms with van der Waals surface area (Å²) in [5.41, 5.74) is 0.536. The van der Waals surface area contributed by atoms with Crippen LogP contribution in [-0.4, -0.2) is 11.7 Å². The van der Waals surface area contributed by atoms with Crippen LogP contribution >= 0.6 is 15.9 Å². The van der Waals surface area contributed by atoms with Crippen molar-refractivity contribution in [3.05, 3.63) is 34.3 Å². The molecule has 0 aliphatic carbocycles. The van der Waals surface area contributed by atoms with Gasteiger partial charge in [-0.3, -0.25) is 0 Å². The Bertz CT molecular complexity index is 497. The van der Waals surface area contributed by atoms with Crippen molar-refractivity contribution in [3.8, 4) is 12.3 Å². The highest BCUT2D eigenvalue weighted by Crippen LogP contribution is 2.22. The van der Waals surface area contributed by atoms with Gasteiger partial charge in [0.2, 0.25) is 0 Å². The SMILES string of the molecule is C#CCCCC(NC(=O)OC(C)(C)C)c1ccc(Br)cc1. The van der Waals surface area contributed by atoms with Gasteiger partial charge >= 0.3 is 6.09 Å². The van der Waals surface area contributed by atoms with Crippen molar-refractivity contribution in [2.75, 3.05) is 0 Å². The van der Waals surface area contributed by atoms with E-state index in [4.69, 9.17) is 11.2 Å². The number of unbranched alkanes of at least 4 members (excludes halogenated alkanes) is 1. The summed E-state index contributed by atoms with van der Waals surface area (Å²) in [6.45, 7) is 5.54. The first-order valence-electron chi connectivity index (χ1n) is 7.00. The van der Waals surface area contributed by atoms with Gasteiger partial charge < -0.3 is 10.1 Å². The molecule has 0 saturated heterocycles. The van der Waals surface area contributed by atoms with E-state index in [0.717, 1.165) is 22.9 Å². The van der Waals surface area contributed by atoms with Gasteiger partial charge in [-0.1, -0.05) is 28.1 Å². The lowest BCUT2D eigenvalue weighted by Gasteiger charge is -2.24. The maximum Gasteiger partial charge on any atom is 0.408 e. The first-order chi connectivity index (χ1) is 9.81. The normalized spacial score (nSPS) is 12.3. The van der Waals surface area contributed by atoms with Gasteiger partial charge in [0.05, 0.1) is 6.04 Å². The molecule has 114 valence electrons. The average Bonchev–Trinajstić information content (AvgIpc) is 2.36. The molecule has 1 aromatic rings. The number of amides is 1. The van der Waals surface area contributed by atoms with E-state index in [1.54, 1.807) is 0 Å². The minimum Gasteiger partial charge on any atom is -0.444 e. The standard InChI is InChI=1S/C17H22BrNO2/c1-5-6-7-8-15(13-9-11-14(18)12-10-13)19-16(20)21-17(2,3)4/h1,9-12,15H,6-8H2,2-4H3,(H,19,20). The van der Waals surface area contributed by atoms with Crippen LogP contribution in [-0.2, 0) is 4.74 Å². The second-order valence-electron chi connectivity index (χ2n) is 5.85. The van der Waals surface area contributed by atoms with Crippen LogP contribution in [0.2, 0.25) is 0 Å². The molecule has 4 heteroatoms. The van der Waals surface area contributed by atoms with E-state index in [2.05, 4.69) is 27.2 Å². The van der Waals surface area contributed by atoms with Gasteiger partial charge in [0, 0.05) is 10.9 Å². The zero-order valence-corrected chi connectivity index (χ0v) is 14.4. The Kier molecular flexibility index (Phi) is 6.77. The van der Waals surface area contributed by atoms with E-state index in [1.165, 1.54) is 0 Å². The average molecular weight is 352 g/mol. The summed E-state index contributed by atoms with van der Waals surface area (Å²) in [7, 11) is 0. The molecule has 1 rings (SSSR count). The summed E-state index contributed by atoms with van der Waals surface area (Å²) in [4.78, 5) is 12.0. The van der Waals surface area contributed by atoms with E-state index in [-0.39, 0.29) is 6.04 Å². The van der Waals surface area contributed by atoms with Crippen LogP contribution in [0.1, 0.15) is 51.6 Å². The zero-order valence-electron chi connectivity index (χ0n) is 12.8. The second-order valence-corrected chi connectivity index (χ2v) is 6.76. The van der Waals surface area contributed by atoms with Crippen LogP contribution in [0.25, 0.3) is 0 Å². The fourth-order valence-electron chi connectivity index (χ4n) is 1.88. The largest absolute Gasteiger partial charge is 0.444 e. The maximum absolute atomic E-state index is 12.0. The lowest BCUT2D eigenvalue weighted by molar-refractivity contribution is 0.0500. The Labute approximate surface area is 135 Å². The van der Waals surface area contributed by atoms with E-state index in [1.807, 2.05) is 45.0 Å². The van der Waals surface area contributed by atoms with Crippen LogP contribution in [0.15, 0.2) is 28.7 Å². The van der Waals surface area contributed by atoms with Crippen molar-refractivity contribution in [2.24, 2.45) is 0 Å². The van der Waals surface area contributed by atoms with Gasteiger partial charge in [-0.05, 0) is 51.3 Å².